The third-order valence-corrected chi connectivity index (χ3v) is 7.42. The van der Waals surface area contributed by atoms with Crippen LogP contribution in [0.1, 0.15) is 41.5 Å². The van der Waals surface area contributed by atoms with Crippen LogP contribution in [0.4, 0.5) is 4.79 Å². The summed E-state index contributed by atoms with van der Waals surface area (Å²) in [6.07, 6.45) is 7.15. The zero-order chi connectivity index (χ0) is 22.1. The highest BCUT2D eigenvalue weighted by Crippen LogP contribution is 2.59. The van der Waals surface area contributed by atoms with E-state index in [4.69, 9.17) is 5.26 Å². The number of benzene rings is 1. The number of fused-ring (bicyclic) bond motifs is 1. The first-order valence-electron chi connectivity index (χ1n) is 11.3. The fourth-order valence-electron chi connectivity index (χ4n) is 5.20. The van der Waals surface area contributed by atoms with Crippen molar-refractivity contribution in [1.29, 1.82) is 5.26 Å². The van der Waals surface area contributed by atoms with E-state index >= 15 is 0 Å². The van der Waals surface area contributed by atoms with E-state index in [1.54, 1.807) is 18.3 Å². The number of urea groups is 1. The molecule has 1 N–H and O–H groups in total. The zero-order valence-corrected chi connectivity index (χ0v) is 18.1. The third-order valence-electron chi connectivity index (χ3n) is 7.42. The van der Waals surface area contributed by atoms with Crippen LogP contribution in [0.5, 0.6) is 0 Å². The van der Waals surface area contributed by atoms with Gasteiger partial charge in [0.1, 0.15) is 0 Å². The third kappa shape index (κ3) is 4.05. The molecule has 1 saturated carbocycles. The van der Waals surface area contributed by atoms with Crippen LogP contribution in [0.15, 0.2) is 42.7 Å². The number of carbonyl (C=O) groups excluding carboxylic acids is 2. The molecule has 3 heterocycles. The molecule has 7 heteroatoms. The minimum atomic E-state index is -0.00159. The molecule has 0 radical (unpaired) electrons. The molecule has 2 fully saturated rings. The maximum atomic E-state index is 12.7. The number of pyridine rings is 1. The van der Waals surface area contributed by atoms with Crippen LogP contribution in [-0.2, 0) is 24.3 Å². The Kier molecular flexibility index (Phi) is 5.30. The maximum absolute atomic E-state index is 12.7. The molecule has 3 amide bonds. The highest BCUT2D eigenvalue weighted by atomic mass is 16.2. The molecule has 3 aliphatic rings. The molecule has 1 unspecified atom stereocenters. The molecule has 164 valence electrons. The van der Waals surface area contributed by atoms with Crippen LogP contribution in [0.25, 0.3) is 0 Å². The maximum Gasteiger partial charge on any atom is 0.318 e. The fourth-order valence-corrected chi connectivity index (χ4v) is 5.20. The molecule has 0 bridgehead atoms. The smallest absolute Gasteiger partial charge is 0.318 e. The van der Waals surface area contributed by atoms with Gasteiger partial charge in [-0.3, -0.25) is 9.78 Å². The minimum Gasteiger partial charge on any atom is -0.342 e. The quantitative estimate of drug-likeness (QED) is 0.809. The van der Waals surface area contributed by atoms with Crippen molar-refractivity contribution < 1.29 is 9.59 Å². The number of nitrogens with one attached hydrogen (secondary N) is 1. The first-order valence-corrected chi connectivity index (χ1v) is 11.3. The Bertz CT molecular complexity index is 1040. The summed E-state index contributed by atoms with van der Waals surface area (Å²) in [5, 5.41) is 12.0. The number of rotatable bonds is 4. The summed E-state index contributed by atoms with van der Waals surface area (Å²) in [7, 11) is 0. The summed E-state index contributed by atoms with van der Waals surface area (Å²) in [6, 6.07) is 11.3. The second-order valence-electron chi connectivity index (χ2n) is 9.32. The van der Waals surface area contributed by atoms with Gasteiger partial charge in [0.2, 0.25) is 5.91 Å². The second-order valence-corrected chi connectivity index (χ2v) is 9.32. The highest BCUT2D eigenvalue weighted by Gasteiger charge is 2.54. The van der Waals surface area contributed by atoms with Crippen LogP contribution in [0, 0.1) is 22.7 Å². The molecule has 2 aliphatic heterocycles. The van der Waals surface area contributed by atoms with E-state index < -0.39 is 0 Å². The largest absolute Gasteiger partial charge is 0.342 e. The van der Waals surface area contributed by atoms with E-state index in [-0.39, 0.29) is 17.4 Å². The molecule has 1 atom stereocenters. The lowest BCUT2D eigenvalue weighted by molar-refractivity contribution is -0.132. The molecular formula is C25H27N5O2. The molecule has 1 aliphatic carbocycles. The van der Waals surface area contributed by atoms with Crippen molar-refractivity contribution in [2.45, 2.75) is 38.8 Å². The molecule has 7 nitrogen and oxygen atoms in total. The van der Waals surface area contributed by atoms with E-state index in [0.29, 0.717) is 37.5 Å². The molecule has 1 spiro atoms. The number of carbonyl (C=O) groups is 2. The van der Waals surface area contributed by atoms with Gasteiger partial charge in [-0.25, -0.2) is 4.79 Å². The Morgan fingerprint density at radius 3 is 2.56 bits per heavy atom. The van der Waals surface area contributed by atoms with Gasteiger partial charge in [0.25, 0.3) is 0 Å². The highest BCUT2D eigenvalue weighted by molar-refractivity contribution is 5.79. The van der Waals surface area contributed by atoms with Crippen molar-refractivity contribution in [3.05, 3.63) is 65.0 Å². The molecule has 5 rings (SSSR count). The van der Waals surface area contributed by atoms with E-state index in [1.165, 1.54) is 5.56 Å². The van der Waals surface area contributed by atoms with Gasteiger partial charge in [0.05, 0.1) is 18.1 Å². The first kappa shape index (κ1) is 20.5. The number of nitriles is 1. The van der Waals surface area contributed by atoms with Crippen LogP contribution < -0.4 is 5.32 Å². The zero-order valence-electron chi connectivity index (χ0n) is 18.1. The van der Waals surface area contributed by atoms with Crippen LogP contribution in [-0.4, -0.2) is 46.4 Å². The van der Waals surface area contributed by atoms with Gasteiger partial charge in [-0.15, -0.1) is 0 Å². The second kappa shape index (κ2) is 8.27. The number of amides is 3. The lowest BCUT2D eigenvalue weighted by Crippen LogP contribution is -2.41. The monoisotopic (exact) mass is 429 g/mol. The van der Waals surface area contributed by atoms with Crippen LogP contribution in [0.2, 0.25) is 0 Å². The number of nitrogens with zero attached hydrogens (tertiary/aromatic N) is 4. The fraction of sp³-hybridized carbons (Fsp3) is 0.440. The van der Waals surface area contributed by atoms with Crippen LogP contribution in [0.3, 0.4) is 0 Å². The normalized spacial score (nSPS) is 20.5. The lowest BCUT2D eigenvalue weighted by atomic mass is 9.90. The first-order chi connectivity index (χ1) is 15.6. The number of aromatic nitrogens is 1. The van der Waals surface area contributed by atoms with Crippen LogP contribution >= 0.6 is 0 Å². The number of hydrogen-bond donors (Lipinski definition) is 1. The van der Waals surface area contributed by atoms with Gasteiger partial charge in [0.15, 0.2) is 0 Å². The van der Waals surface area contributed by atoms with Gasteiger partial charge >= 0.3 is 6.03 Å². The topological polar surface area (TPSA) is 89.3 Å². The summed E-state index contributed by atoms with van der Waals surface area (Å²) in [5.74, 6) is 0.659. The van der Waals surface area contributed by atoms with E-state index in [0.717, 1.165) is 43.5 Å². The van der Waals surface area contributed by atoms with E-state index in [1.807, 2.05) is 34.2 Å². The predicted molar refractivity (Wildman–Crippen MR) is 118 cm³/mol. The summed E-state index contributed by atoms with van der Waals surface area (Å²) in [5.41, 5.74) is 4.15. The van der Waals surface area contributed by atoms with E-state index in [2.05, 4.69) is 16.4 Å². The number of hydrogen-bond acceptors (Lipinski definition) is 4. The van der Waals surface area contributed by atoms with E-state index in [9.17, 15) is 9.59 Å². The van der Waals surface area contributed by atoms with Crippen molar-refractivity contribution in [2.24, 2.45) is 11.3 Å². The number of likely N-dealkylation sites (tertiary alicyclic amines) is 1. The Hall–Kier alpha value is -3.40. The Morgan fingerprint density at radius 2 is 1.84 bits per heavy atom. The summed E-state index contributed by atoms with van der Waals surface area (Å²) in [4.78, 5) is 33.2. The Morgan fingerprint density at radius 1 is 1.09 bits per heavy atom. The van der Waals surface area contributed by atoms with Crippen molar-refractivity contribution >= 4 is 11.9 Å². The summed E-state index contributed by atoms with van der Waals surface area (Å²) in [6.45, 7) is 3.56. The van der Waals surface area contributed by atoms with Gasteiger partial charge < -0.3 is 15.1 Å². The average Bonchev–Trinajstić information content (AvgIpc) is 3.29. The predicted octanol–water partition coefficient (Wildman–Crippen LogP) is 2.85. The molecule has 2 aromatic rings. The molecule has 1 aromatic carbocycles. The van der Waals surface area contributed by atoms with Crippen molar-refractivity contribution in [3.8, 4) is 6.07 Å². The van der Waals surface area contributed by atoms with Crippen molar-refractivity contribution in [3.63, 3.8) is 0 Å². The van der Waals surface area contributed by atoms with Crippen molar-refractivity contribution in [1.82, 2.24) is 20.1 Å². The SMILES string of the molecule is N#Cc1ccc(CC(=O)N2CCC3(CC2)CC3CNC(=O)N2Cc3ccncc3C2)cc1. The number of piperidine rings is 1. The van der Waals surface area contributed by atoms with Gasteiger partial charge in [-0.05, 0) is 65.5 Å². The summed E-state index contributed by atoms with van der Waals surface area (Å²) < 4.78 is 0. The van der Waals surface area contributed by atoms with Gasteiger partial charge in [-0.1, -0.05) is 12.1 Å². The lowest BCUT2D eigenvalue weighted by Gasteiger charge is -2.33. The molecule has 1 saturated heterocycles. The Balaban J connectivity index is 1.06. The minimum absolute atomic E-state index is 0.00159. The average molecular weight is 430 g/mol. The summed E-state index contributed by atoms with van der Waals surface area (Å²) >= 11 is 0. The molecule has 32 heavy (non-hydrogen) atoms. The molecular weight excluding hydrogens is 402 g/mol. The van der Waals surface area contributed by atoms with Gasteiger partial charge in [-0.2, -0.15) is 5.26 Å². The molecule has 1 aromatic heterocycles. The standard InChI is InChI=1S/C25H27N5O2/c26-13-19-3-1-18(2-4-19)11-23(31)29-9-6-25(7-10-29)12-22(25)15-28-24(32)30-16-20-5-8-27-14-21(20)17-30/h1-5,8,14,22H,6-7,9-12,15-17H2,(H,28,32). The Labute approximate surface area is 188 Å². The van der Waals surface area contributed by atoms with Crippen molar-refractivity contribution in [2.75, 3.05) is 19.6 Å². The van der Waals surface area contributed by atoms with Gasteiger partial charge in [0, 0.05) is 45.1 Å².